The summed E-state index contributed by atoms with van der Waals surface area (Å²) in [6, 6.07) is 5.91. The number of nitrogens with one attached hydrogen (secondary N) is 1. The van der Waals surface area contributed by atoms with Crippen LogP contribution in [0.15, 0.2) is 18.2 Å². The molecule has 0 spiro atoms. The smallest absolute Gasteiger partial charge is 0.255 e. The van der Waals surface area contributed by atoms with Crippen molar-refractivity contribution in [3.63, 3.8) is 0 Å². The van der Waals surface area contributed by atoms with Crippen molar-refractivity contribution in [2.75, 3.05) is 26.0 Å². The number of rotatable bonds is 5. The van der Waals surface area contributed by atoms with Crippen LogP contribution in [-0.2, 0) is 0 Å². The molecule has 0 radical (unpaired) electrons. The molecule has 0 atom stereocenters. The van der Waals surface area contributed by atoms with Crippen molar-refractivity contribution in [3.8, 4) is 0 Å². The van der Waals surface area contributed by atoms with Gasteiger partial charge in [-0.3, -0.25) is 4.79 Å². The summed E-state index contributed by atoms with van der Waals surface area (Å²) < 4.78 is 0. The van der Waals surface area contributed by atoms with Gasteiger partial charge in [-0.2, -0.15) is 0 Å². The topological polar surface area (TPSA) is 32.3 Å². The third-order valence-corrected chi connectivity index (χ3v) is 3.06. The Hall–Kier alpha value is -1.51. The minimum Gasteiger partial charge on any atom is -0.387 e. The largest absolute Gasteiger partial charge is 0.387 e. The lowest BCUT2D eigenvalue weighted by Gasteiger charge is -2.20. The van der Waals surface area contributed by atoms with Crippen LogP contribution in [-0.4, -0.2) is 31.4 Å². The maximum absolute atomic E-state index is 12.4. The molecule has 0 heterocycles. The molecule has 0 aromatic heterocycles. The van der Waals surface area contributed by atoms with Crippen LogP contribution in [0, 0.1) is 12.8 Å². The van der Waals surface area contributed by atoms with E-state index >= 15 is 0 Å². The van der Waals surface area contributed by atoms with Crippen LogP contribution in [0.5, 0.6) is 0 Å². The lowest BCUT2D eigenvalue weighted by Crippen LogP contribution is -2.29. The number of hydrogen-bond acceptors (Lipinski definition) is 2. The Morgan fingerprint density at radius 1 is 1.39 bits per heavy atom. The van der Waals surface area contributed by atoms with Crippen LogP contribution >= 0.6 is 0 Å². The fraction of sp³-hybridized carbons (Fsp3) is 0.533. The van der Waals surface area contributed by atoms with Crippen molar-refractivity contribution in [2.24, 2.45) is 5.92 Å². The van der Waals surface area contributed by atoms with Crippen LogP contribution < -0.4 is 5.32 Å². The molecule has 1 rings (SSSR count). The normalized spacial score (nSPS) is 10.6. The molecule has 0 saturated heterocycles. The Morgan fingerprint density at radius 3 is 2.61 bits per heavy atom. The minimum atomic E-state index is 0.0868. The van der Waals surface area contributed by atoms with E-state index in [1.165, 1.54) is 0 Å². The van der Waals surface area contributed by atoms with Crippen molar-refractivity contribution in [2.45, 2.75) is 27.2 Å². The zero-order valence-electron chi connectivity index (χ0n) is 12.1. The number of nitrogens with zero attached hydrogens (tertiary/aromatic N) is 1. The predicted molar refractivity (Wildman–Crippen MR) is 77.1 cm³/mol. The summed E-state index contributed by atoms with van der Waals surface area (Å²) in [7, 11) is 3.71. The molecule has 0 unspecified atom stereocenters. The SMILES string of the molecule is CNc1ccc(C)cc1C(=O)N(C)CCC(C)C. The third-order valence-electron chi connectivity index (χ3n) is 3.06. The molecule has 0 saturated carbocycles. The summed E-state index contributed by atoms with van der Waals surface area (Å²) in [4.78, 5) is 14.2. The van der Waals surface area contributed by atoms with Gasteiger partial charge in [-0.05, 0) is 31.4 Å². The van der Waals surface area contributed by atoms with Gasteiger partial charge in [-0.25, -0.2) is 0 Å². The second-order valence-electron chi connectivity index (χ2n) is 5.21. The molecule has 3 nitrogen and oxygen atoms in total. The Labute approximate surface area is 110 Å². The summed E-state index contributed by atoms with van der Waals surface area (Å²) in [5, 5.41) is 3.08. The quantitative estimate of drug-likeness (QED) is 0.868. The van der Waals surface area contributed by atoms with E-state index in [0.717, 1.165) is 29.8 Å². The predicted octanol–water partition coefficient (Wildman–Crippen LogP) is 3.15. The van der Waals surface area contributed by atoms with Gasteiger partial charge in [-0.1, -0.05) is 25.5 Å². The number of amides is 1. The molecule has 1 aromatic rings. The monoisotopic (exact) mass is 248 g/mol. The summed E-state index contributed by atoms with van der Waals surface area (Å²) in [6.07, 6.45) is 1.03. The number of benzene rings is 1. The molecule has 1 N–H and O–H groups in total. The van der Waals surface area contributed by atoms with E-state index in [9.17, 15) is 4.79 Å². The van der Waals surface area contributed by atoms with Crippen molar-refractivity contribution in [1.82, 2.24) is 4.90 Å². The molecule has 100 valence electrons. The number of carbonyl (C=O) groups is 1. The van der Waals surface area contributed by atoms with Gasteiger partial charge in [0.05, 0.1) is 5.56 Å². The van der Waals surface area contributed by atoms with Gasteiger partial charge >= 0.3 is 0 Å². The van der Waals surface area contributed by atoms with Crippen LogP contribution in [0.2, 0.25) is 0 Å². The summed E-state index contributed by atoms with van der Waals surface area (Å²) in [6.45, 7) is 7.14. The lowest BCUT2D eigenvalue weighted by atomic mass is 10.1. The molecule has 0 aliphatic carbocycles. The second-order valence-corrected chi connectivity index (χ2v) is 5.21. The van der Waals surface area contributed by atoms with Crippen molar-refractivity contribution in [1.29, 1.82) is 0 Å². The summed E-state index contributed by atoms with van der Waals surface area (Å²) in [5.41, 5.74) is 2.75. The molecule has 0 fully saturated rings. The van der Waals surface area contributed by atoms with Gasteiger partial charge in [-0.15, -0.1) is 0 Å². The molecule has 3 heteroatoms. The molecule has 0 bridgehead atoms. The van der Waals surface area contributed by atoms with Crippen LogP contribution in [0.1, 0.15) is 36.2 Å². The van der Waals surface area contributed by atoms with E-state index in [2.05, 4.69) is 19.2 Å². The lowest BCUT2D eigenvalue weighted by molar-refractivity contribution is 0.0790. The molecule has 0 aliphatic heterocycles. The Morgan fingerprint density at radius 2 is 2.06 bits per heavy atom. The molecule has 0 aliphatic rings. The van der Waals surface area contributed by atoms with Gasteiger partial charge in [0.2, 0.25) is 0 Å². The van der Waals surface area contributed by atoms with Crippen molar-refractivity contribution in [3.05, 3.63) is 29.3 Å². The average molecular weight is 248 g/mol. The zero-order valence-corrected chi connectivity index (χ0v) is 12.1. The molecular formula is C15H24N2O. The highest BCUT2D eigenvalue weighted by Gasteiger charge is 2.15. The van der Waals surface area contributed by atoms with E-state index in [1.807, 2.05) is 39.2 Å². The third kappa shape index (κ3) is 3.76. The van der Waals surface area contributed by atoms with E-state index in [0.29, 0.717) is 5.92 Å². The number of carbonyl (C=O) groups excluding carboxylic acids is 1. The Bertz CT molecular complexity index is 413. The Balaban J connectivity index is 2.85. The summed E-state index contributed by atoms with van der Waals surface area (Å²) in [5.74, 6) is 0.699. The second kappa shape index (κ2) is 6.43. The van der Waals surface area contributed by atoms with E-state index in [1.54, 1.807) is 4.90 Å². The fourth-order valence-electron chi connectivity index (χ4n) is 1.81. The van der Waals surface area contributed by atoms with Gasteiger partial charge in [0.1, 0.15) is 0 Å². The first-order chi connectivity index (χ1) is 8.45. The number of hydrogen-bond donors (Lipinski definition) is 1. The summed E-state index contributed by atoms with van der Waals surface area (Å²) >= 11 is 0. The number of aryl methyl sites for hydroxylation is 1. The fourth-order valence-corrected chi connectivity index (χ4v) is 1.81. The average Bonchev–Trinajstić information content (AvgIpc) is 2.34. The van der Waals surface area contributed by atoms with E-state index < -0.39 is 0 Å². The minimum absolute atomic E-state index is 0.0868. The molecule has 1 aromatic carbocycles. The maximum atomic E-state index is 12.4. The number of anilines is 1. The maximum Gasteiger partial charge on any atom is 0.255 e. The highest BCUT2D eigenvalue weighted by molar-refractivity contribution is 5.99. The van der Waals surface area contributed by atoms with Crippen molar-refractivity contribution < 1.29 is 4.79 Å². The molecule has 1 amide bonds. The van der Waals surface area contributed by atoms with Gasteiger partial charge in [0.15, 0.2) is 0 Å². The van der Waals surface area contributed by atoms with Crippen LogP contribution in [0.3, 0.4) is 0 Å². The first kappa shape index (κ1) is 14.6. The Kier molecular flexibility index (Phi) is 5.20. The standard InChI is InChI=1S/C15H24N2O/c1-11(2)8-9-17(5)15(18)13-10-12(3)6-7-14(13)16-4/h6-7,10-11,16H,8-9H2,1-5H3. The van der Waals surface area contributed by atoms with Crippen LogP contribution in [0.4, 0.5) is 5.69 Å². The first-order valence-electron chi connectivity index (χ1n) is 6.49. The molecule has 18 heavy (non-hydrogen) atoms. The van der Waals surface area contributed by atoms with Gasteiger partial charge < -0.3 is 10.2 Å². The zero-order chi connectivity index (χ0) is 13.7. The first-order valence-corrected chi connectivity index (χ1v) is 6.49. The van der Waals surface area contributed by atoms with Gasteiger partial charge in [0, 0.05) is 26.3 Å². The van der Waals surface area contributed by atoms with Gasteiger partial charge in [0.25, 0.3) is 5.91 Å². The van der Waals surface area contributed by atoms with Crippen LogP contribution in [0.25, 0.3) is 0 Å². The highest BCUT2D eigenvalue weighted by atomic mass is 16.2. The van der Waals surface area contributed by atoms with Crippen molar-refractivity contribution >= 4 is 11.6 Å². The van der Waals surface area contributed by atoms with E-state index in [4.69, 9.17) is 0 Å². The van der Waals surface area contributed by atoms with E-state index in [-0.39, 0.29) is 5.91 Å². The molecular weight excluding hydrogens is 224 g/mol. The highest BCUT2D eigenvalue weighted by Crippen LogP contribution is 2.18.